The van der Waals surface area contributed by atoms with Crippen molar-refractivity contribution in [2.75, 3.05) is 26.4 Å². The Labute approximate surface area is 69.2 Å². The third-order valence-corrected chi connectivity index (χ3v) is 2.62. The average Bonchev–Trinajstić information content (AvgIpc) is 1.82. The average molecular weight is 159 g/mol. The van der Waals surface area contributed by atoms with Crippen molar-refractivity contribution >= 4 is 12.6 Å². The Balaban J connectivity index is 0.000000231. The van der Waals surface area contributed by atoms with E-state index >= 15 is 0 Å². The predicted molar refractivity (Wildman–Crippen MR) is 48.7 cm³/mol. The maximum atomic E-state index is 3.53. The summed E-state index contributed by atoms with van der Waals surface area (Å²) in [5.74, 6) is 0. The van der Waals surface area contributed by atoms with E-state index in [1.807, 2.05) is 0 Å². The molecule has 10 heavy (non-hydrogen) atoms. The fraction of sp³-hybridized carbons (Fsp3) is 1.00. The Hall–Kier alpha value is 0.310. The van der Waals surface area contributed by atoms with E-state index in [2.05, 4.69) is 24.6 Å². The second-order valence-electron chi connectivity index (χ2n) is 3.53. The second kappa shape index (κ2) is 3.14. The molecule has 0 bridgehead atoms. The van der Waals surface area contributed by atoms with Gasteiger partial charge in [-0.15, -0.1) is 0 Å². The van der Waals surface area contributed by atoms with Crippen molar-refractivity contribution in [1.29, 1.82) is 0 Å². The van der Waals surface area contributed by atoms with Crippen LogP contribution in [0.25, 0.3) is 0 Å². The molecule has 1 saturated heterocycles. The molecule has 0 aromatic rings. The molecule has 0 aromatic carbocycles. The Bertz CT molecular complexity index is 102. The Morgan fingerprint density at radius 1 is 1.20 bits per heavy atom. The Morgan fingerprint density at radius 3 is 1.80 bits per heavy atom. The van der Waals surface area contributed by atoms with E-state index in [0.29, 0.717) is 0 Å². The largest absolute Gasteiger partial charge is 0.305 e. The van der Waals surface area contributed by atoms with Gasteiger partial charge in [0.2, 0.25) is 0 Å². The van der Waals surface area contributed by atoms with E-state index in [1.165, 1.54) is 32.4 Å². The SMILES string of the molecule is CN1CC2(CCC2)C1.CS. The van der Waals surface area contributed by atoms with Gasteiger partial charge < -0.3 is 4.90 Å². The van der Waals surface area contributed by atoms with Crippen molar-refractivity contribution in [3.05, 3.63) is 0 Å². The molecule has 0 atom stereocenters. The number of hydrogen-bond donors (Lipinski definition) is 1. The van der Waals surface area contributed by atoms with Crippen molar-refractivity contribution in [3.63, 3.8) is 0 Å². The molecule has 1 nitrogen and oxygen atoms in total. The first-order chi connectivity index (χ1) is 4.81. The third kappa shape index (κ3) is 1.32. The summed E-state index contributed by atoms with van der Waals surface area (Å²) in [5, 5.41) is 0. The lowest BCUT2D eigenvalue weighted by molar-refractivity contribution is -0.0436. The van der Waals surface area contributed by atoms with E-state index in [1.54, 1.807) is 6.26 Å². The molecule has 1 aliphatic carbocycles. The lowest BCUT2D eigenvalue weighted by atomic mass is 9.64. The van der Waals surface area contributed by atoms with Gasteiger partial charge >= 0.3 is 0 Å². The molecular formula is C8H17NS. The minimum absolute atomic E-state index is 0.842. The zero-order valence-corrected chi connectivity index (χ0v) is 7.82. The van der Waals surface area contributed by atoms with Gasteiger partial charge in [0.15, 0.2) is 0 Å². The van der Waals surface area contributed by atoms with Crippen LogP contribution in [-0.4, -0.2) is 31.3 Å². The van der Waals surface area contributed by atoms with Gasteiger partial charge in [0.05, 0.1) is 0 Å². The molecule has 0 N–H and O–H groups in total. The molecule has 2 fully saturated rings. The summed E-state index contributed by atoms with van der Waals surface area (Å²) in [6.45, 7) is 2.76. The zero-order chi connectivity index (χ0) is 7.61. The van der Waals surface area contributed by atoms with Crippen LogP contribution in [0.1, 0.15) is 19.3 Å². The van der Waals surface area contributed by atoms with Crippen molar-refractivity contribution in [2.24, 2.45) is 5.41 Å². The van der Waals surface area contributed by atoms with Crippen LogP contribution in [0.15, 0.2) is 0 Å². The standard InChI is InChI=1S/C7H13N.CH4S/c1-8-5-7(6-8)3-2-4-7;1-2/h2-6H2,1H3;2H,1H3. The summed E-state index contributed by atoms with van der Waals surface area (Å²) < 4.78 is 0. The molecule has 1 saturated carbocycles. The molecule has 2 aliphatic rings. The molecule has 0 aromatic heterocycles. The number of thiol groups is 1. The van der Waals surface area contributed by atoms with Crippen LogP contribution in [0.4, 0.5) is 0 Å². The summed E-state index contributed by atoms with van der Waals surface area (Å²) in [6.07, 6.45) is 6.21. The molecule has 60 valence electrons. The Kier molecular flexibility index (Phi) is 2.64. The third-order valence-electron chi connectivity index (χ3n) is 2.62. The molecule has 1 aliphatic heterocycles. The van der Waals surface area contributed by atoms with Gasteiger partial charge in [0.1, 0.15) is 0 Å². The van der Waals surface area contributed by atoms with E-state index in [9.17, 15) is 0 Å². The fourth-order valence-electron chi connectivity index (χ4n) is 2.09. The number of likely N-dealkylation sites (tertiary alicyclic amines) is 1. The van der Waals surface area contributed by atoms with Gasteiger partial charge in [-0.1, -0.05) is 6.42 Å². The number of rotatable bonds is 0. The van der Waals surface area contributed by atoms with Crippen molar-refractivity contribution in [2.45, 2.75) is 19.3 Å². The van der Waals surface area contributed by atoms with Gasteiger partial charge in [-0.05, 0) is 31.6 Å². The first kappa shape index (κ1) is 8.41. The van der Waals surface area contributed by atoms with Crippen molar-refractivity contribution < 1.29 is 0 Å². The highest BCUT2D eigenvalue weighted by Gasteiger charge is 2.45. The minimum atomic E-state index is 0.842. The molecule has 0 radical (unpaired) electrons. The number of hydrogen-bond acceptors (Lipinski definition) is 2. The normalized spacial score (nSPS) is 27.9. The molecule has 1 spiro atoms. The topological polar surface area (TPSA) is 3.24 Å². The summed E-state index contributed by atoms with van der Waals surface area (Å²) in [7, 11) is 2.21. The van der Waals surface area contributed by atoms with Crippen LogP contribution in [0, 0.1) is 5.41 Å². The lowest BCUT2D eigenvalue weighted by Gasteiger charge is -2.54. The van der Waals surface area contributed by atoms with E-state index < -0.39 is 0 Å². The summed E-state index contributed by atoms with van der Waals surface area (Å²) >= 11 is 3.53. The maximum absolute atomic E-state index is 3.53. The van der Waals surface area contributed by atoms with Gasteiger partial charge in [-0.25, -0.2) is 0 Å². The van der Waals surface area contributed by atoms with E-state index in [0.717, 1.165) is 5.41 Å². The lowest BCUT2D eigenvalue weighted by Crippen LogP contribution is -2.57. The van der Waals surface area contributed by atoms with E-state index in [-0.39, 0.29) is 0 Å². The maximum Gasteiger partial charge on any atom is 0.00474 e. The van der Waals surface area contributed by atoms with Crippen molar-refractivity contribution in [1.82, 2.24) is 4.90 Å². The second-order valence-corrected chi connectivity index (χ2v) is 3.53. The monoisotopic (exact) mass is 159 g/mol. The smallest absolute Gasteiger partial charge is 0.00474 e. The predicted octanol–water partition coefficient (Wildman–Crippen LogP) is 1.65. The number of nitrogens with zero attached hydrogens (tertiary/aromatic N) is 1. The minimum Gasteiger partial charge on any atom is -0.305 e. The van der Waals surface area contributed by atoms with E-state index in [4.69, 9.17) is 0 Å². The first-order valence-corrected chi connectivity index (χ1v) is 4.84. The van der Waals surface area contributed by atoms with Crippen molar-refractivity contribution in [3.8, 4) is 0 Å². The molecular weight excluding hydrogens is 142 g/mol. The van der Waals surface area contributed by atoms with Crippen LogP contribution in [0.5, 0.6) is 0 Å². The highest BCUT2D eigenvalue weighted by molar-refractivity contribution is 7.79. The van der Waals surface area contributed by atoms with Gasteiger partial charge in [0.25, 0.3) is 0 Å². The molecule has 2 rings (SSSR count). The molecule has 1 heterocycles. The van der Waals surface area contributed by atoms with Gasteiger partial charge in [-0.3, -0.25) is 0 Å². The van der Waals surface area contributed by atoms with Gasteiger partial charge in [0, 0.05) is 13.1 Å². The van der Waals surface area contributed by atoms with Crippen LogP contribution < -0.4 is 0 Å². The zero-order valence-electron chi connectivity index (χ0n) is 6.93. The van der Waals surface area contributed by atoms with Crippen LogP contribution in [0.2, 0.25) is 0 Å². The fourth-order valence-corrected chi connectivity index (χ4v) is 2.09. The summed E-state index contributed by atoms with van der Waals surface area (Å²) in [5.41, 5.74) is 0.842. The first-order valence-electron chi connectivity index (χ1n) is 3.94. The highest BCUT2D eigenvalue weighted by atomic mass is 32.1. The van der Waals surface area contributed by atoms with Crippen LogP contribution >= 0.6 is 12.6 Å². The van der Waals surface area contributed by atoms with Gasteiger partial charge in [-0.2, -0.15) is 12.6 Å². The summed E-state index contributed by atoms with van der Waals surface area (Å²) in [4.78, 5) is 2.42. The molecule has 0 unspecified atom stereocenters. The quantitative estimate of drug-likeness (QED) is 0.526. The molecule has 0 amide bonds. The summed E-state index contributed by atoms with van der Waals surface area (Å²) in [6, 6.07) is 0. The highest BCUT2D eigenvalue weighted by Crippen LogP contribution is 2.47. The Morgan fingerprint density at radius 2 is 1.70 bits per heavy atom. The molecule has 2 heteroatoms. The van der Waals surface area contributed by atoms with Crippen LogP contribution in [0.3, 0.4) is 0 Å². The van der Waals surface area contributed by atoms with Crippen LogP contribution in [-0.2, 0) is 0 Å².